The topological polar surface area (TPSA) is 86.0 Å². The van der Waals surface area contributed by atoms with Crippen molar-refractivity contribution in [2.45, 2.75) is 17.9 Å². The van der Waals surface area contributed by atoms with Crippen molar-refractivity contribution in [1.29, 1.82) is 0 Å². The number of hydrogen-bond acceptors (Lipinski definition) is 7. The standard InChI is InChI=1S/C18H15N3O3S2/c22-26(23,17-10-9-13-5-1-2-6-14(13)19-17)12-4-8-16-20-18(21-24-16)15-7-3-11-25-15/h1-3,5-7,9-11H,4,8,12H2. The minimum Gasteiger partial charge on any atom is -0.339 e. The Kier molecular flexibility index (Phi) is 4.52. The number of benzene rings is 1. The zero-order valence-corrected chi connectivity index (χ0v) is 15.3. The van der Waals surface area contributed by atoms with Crippen LogP contribution in [0.3, 0.4) is 0 Å². The molecular formula is C18H15N3O3S2. The molecule has 0 aliphatic carbocycles. The summed E-state index contributed by atoms with van der Waals surface area (Å²) < 4.78 is 30.3. The van der Waals surface area contributed by atoms with Crippen molar-refractivity contribution in [3.63, 3.8) is 0 Å². The summed E-state index contributed by atoms with van der Waals surface area (Å²) >= 11 is 1.53. The maximum absolute atomic E-state index is 12.5. The highest BCUT2D eigenvalue weighted by Gasteiger charge is 2.17. The molecule has 1 aromatic carbocycles. The van der Waals surface area contributed by atoms with Crippen LogP contribution in [0.15, 0.2) is 63.5 Å². The number of pyridine rings is 1. The summed E-state index contributed by atoms with van der Waals surface area (Å²) in [4.78, 5) is 9.50. The van der Waals surface area contributed by atoms with E-state index in [-0.39, 0.29) is 10.8 Å². The van der Waals surface area contributed by atoms with E-state index in [2.05, 4.69) is 15.1 Å². The van der Waals surface area contributed by atoms with Crippen molar-refractivity contribution in [3.8, 4) is 10.7 Å². The van der Waals surface area contributed by atoms with E-state index >= 15 is 0 Å². The van der Waals surface area contributed by atoms with E-state index in [0.29, 0.717) is 30.1 Å². The fourth-order valence-electron chi connectivity index (χ4n) is 2.60. The molecule has 0 aliphatic heterocycles. The van der Waals surface area contributed by atoms with Crippen LogP contribution in [0.5, 0.6) is 0 Å². The molecule has 0 amide bonds. The van der Waals surface area contributed by atoms with Crippen molar-refractivity contribution in [2.75, 3.05) is 5.75 Å². The van der Waals surface area contributed by atoms with Crippen LogP contribution in [0.25, 0.3) is 21.6 Å². The smallest absolute Gasteiger partial charge is 0.227 e. The van der Waals surface area contributed by atoms with E-state index in [9.17, 15) is 8.42 Å². The highest BCUT2D eigenvalue weighted by atomic mass is 32.2. The van der Waals surface area contributed by atoms with Crippen LogP contribution < -0.4 is 0 Å². The predicted octanol–water partition coefficient (Wildman–Crippen LogP) is 3.75. The van der Waals surface area contributed by atoms with Crippen LogP contribution in [0.2, 0.25) is 0 Å². The number of sulfone groups is 1. The van der Waals surface area contributed by atoms with Gasteiger partial charge in [-0.15, -0.1) is 11.3 Å². The average molecular weight is 385 g/mol. The molecule has 0 bridgehead atoms. The second-order valence-electron chi connectivity index (χ2n) is 5.75. The molecule has 132 valence electrons. The molecule has 0 spiro atoms. The van der Waals surface area contributed by atoms with Crippen molar-refractivity contribution < 1.29 is 12.9 Å². The van der Waals surface area contributed by atoms with Crippen LogP contribution in [-0.4, -0.2) is 29.3 Å². The molecule has 0 aliphatic rings. The molecule has 6 nitrogen and oxygen atoms in total. The monoisotopic (exact) mass is 385 g/mol. The molecule has 3 aromatic heterocycles. The Balaban J connectivity index is 1.43. The molecule has 0 N–H and O–H groups in total. The van der Waals surface area contributed by atoms with Crippen LogP contribution in [-0.2, 0) is 16.3 Å². The lowest BCUT2D eigenvalue weighted by atomic mass is 10.2. The maximum atomic E-state index is 12.5. The number of nitrogens with zero attached hydrogens (tertiary/aromatic N) is 3. The van der Waals surface area contributed by atoms with E-state index in [1.165, 1.54) is 11.3 Å². The minimum atomic E-state index is -3.46. The molecule has 4 rings (SSSR count). The molecule has 0 unspecified atom stereocenters. The first kappa shape index (κ1) is 16.9. The van der Waals surface area contributed by atoms with Gasteiger partial charge in [0.05, 0.1) is 16.1 Å². The van der Waals surface area contributed by atoms with Gasteiger partial charge in [-0.3, -0.25) is 0 Å². The molecule has 0 radical (unpaired) electrons. The largest absolute Gasteiger partial charge is 0.339 e. The molecule has 0 atom stereocenters. The second kappa shape index (κ2) is 6.97. The lowest BCUT2D eigenvalue weighted by Crippen LogP contribution is -2.09. The van der Waals surface area contributed by atoms with E-state index in [1.54, 1.807) is 18.2 Å². The van der Waals surface area contributed by atoms with E-state index < -0.39 is 9.84 Å². The van der Waals surface area contributed by atoms with Gasteiger partial charge in [-0.2, -0.15) is 4.98 Å². The summed E-state index contributed by atoms with van der Waals surface area (Å²) in [6.07, 6.45) is 0.800. The normalized spacial score (nSPS) is 11.8. The Hall–Kier alpha value is -2.58. The summed E-state index contributed by atoms with van der Waals surface area (Å²) in [6, 6.07) is 14.6. The van der Waals surface area contributed by atoms with E-state index in [1.807, 2.05) is 35.7 Å². The van der Waals surface area contributed by atoms with Crippen LogP contribution in [0.1, 0.15) is 12.3 Å². The molecule has 8 heteroatoms. The number of aromatic nitrogens is 3. The van der Waals surface area contributed by atoms with E-state index in [0.717, 1.165) is 10.3 Å². The lowest BCUT2D eigenvalue weighted by Gasteiger charge is -2.04. The number of thiophene rings is 1. The molecular weight excluding hydrogens is 370 g/mol. The average Bonchev–Trinajstić information content (AvgIpc) is 3.32. The van der Waals surface area contributed by atoms with Gasteiger partial charge in [-0.05, 0) is 36.1 Å². The lowest BCUT2D eigenvalue weighted by molar-refractivity contribution is 0.378. The Bertz CT molecular complexity index is 1140. The molecule has 26 heavy (non-hydrogen) atoms. The fourth-order valence-corrected chi connectivity index (χ4v) is 4.50. The minimum absolute atomic E-state index is 0.0188. The maximum Gasteiger partial charge on any atom is 0.227 e. The summed E-state index contributed by atoms with van der Waals surface area (Å²) in [5, 5.41) is 6.88. The Morgan fingerprint density at radius 3 is 2.73 bits per heavy atom. The molecule has 4 aromatic rings. The SMILES string of the molecule is O=S(=O)(CCCc1nc(-c2cccs2)no1)c1ccc2ccccc2n1. The quantitative estimate of drug-likeness (QED) is 0.502. The first-order valence-corrected chi connectivity index (χ1v) is 10.6. The Morgan fingerprint density at radius 2 is 1.88 bits per heavy atom. The molecule has 0 fully saturated rings. The highest BCUT2D eigenvalue weighted by Crippen LogP contribution is 2.22. The molecule has 3 heterocycles. The van der Waals surface area contributed by atoms with Gasteiger partial charge in [-0.1, -0.05) is 29.4 Å². The molecule has 0 saturated heterocycles. The third-order valence-electron chi connectivity index (χ3n) is 3.90. The van der Waals surface area contributed by atoms with Gasteiger partial charge in [0.2, 0.25) is 11.7 Å². The number of fused-ring (bicyclic) bond motifs is 1. The van der Waals surface area contributed by atoms with Crippen molar-refractivity contribution in [2.24, 2.45) is 0 Å². The van der Waals surface area contributed by atoms with Crippen LogP contribution >= 0.6 is 11.3 Å². The number of rotatable bonds is 6. The summed E-state index contributed by atoms with van der Waals surface area (Å²) in [5.41, 5.74) is 0.672. The first-order chi connectivity index (χ1) is 12.6. The predicted molar refractivity (Wildman–Crippen MR) is 99.7 cm³/mol. The zero-order chi connectivity index (χ0) is 18.0. The fraction of sp³-hybridized carbons (Fsp3) is 0.167. The molecule has 0 saturated carbocycles. The zero-order valence-electron chi connectivity index (χ0n) is 13.7. The van der Waals surface area contributed by atoms with Gasteiger partial charge in [0.1, 0.15) is 0 Å². The number of aryl methyl sites for hydroxylation is 1. The van der Waals surface area contributed by atoms with Gasteiger partial charge in [0.25, 0.3) is 0 Å². The van der Waals surface area contributed by atoms with Gasteiger partial charge in [0, 0.05) is 11.8 Å². The Morgan fingerprint density at radius 1 is 1.00 bits per heavy atom. The summed E-state index contributed by atoms with van der Waals surface area (Å²) in [7, 11) is -3.46. The van der Waals surface area contributed by atoms with Gasteiger partial charge < -0.3 is 4.52 Å². The van der Waals surface area contributed by atoms with Gasteiger partial charge in [-0.25, -0.2) is 13.4 Å². The number of para-hydroxylation sites is 1. The Labute approximate surface area is 154 Å². The van der Waals surface area contributed by atoms with Crippen molar-refractivity contribution in [3.05, 3.63) is 59.8 Å². The second-order valence-corrected chi connectivity index (χ2v) is 8.76. The van der Waals surface area contributed by atoms with Crippen LogP contribution in [0, 0.1) is 0 Å². The summed E-state index contributed by atoms with van der Waals surface area (Å²) in [5.74, 6) is 0.957. The van der Waals surface area contributed by atoms with Gasteiger partial charge >= 0.3 is 0 Å². The van der Waals surface area contributed by atoms with Crippen molar-refractivity contribution in [1.82, 2.24) is 15.1 Å². The third-order valence-corrected chi connectivity index (χ3v) is 6.46. The van der Waals surface area contributed by atoms with Crippen molar-refractivity contribution >= 4 is 32.1 Å². The van der Waals surface area contributed by atoms with Crippen LogP contribution in [0.4, 0.5) is 0 Å². The third kappa shape index (κ3) is 3.51. The summed E-state index contributed by atoms with van der Waals surface area (Å²) in [6.45, 7) is 0. The highest BCUT2D eigenvalue weighted by molar-refractivity contribution is 7.91. The van der Waals surface area contributed by atoms with E-state index in [4.69, 9.17) is 4.52 Å². The first-order valence-electron chi connectivity index (χ1n) is 8.07. The number of hydrogen-bond donors (Lipinski definition) is 0. The van der Waals surface area contributed by atoms with Gasteiger partial charge in [0.15, 0.2) is 14.9 Å².